The number of fused-ring (bicyclic) bond motifs is 1. The van der Waals surface area contributed by atoms with Crippen molar-refractivity contribution in [3.63, 3.8) is 0 Å². The van der Waals surface area contributed by atoms with Crippen LogP contribution in [0, 0.1) is 5.82 Å². The molecule has 2 aromatic carbocycles. The number of rotatable bonds is 5. The molecule has 0 radical (unpaired) electrons. The molecule has 0 saturated carbocycles. The molecule has 4 nitrogen and oxygen atoms in total. The summed E-state index contributed by atoms with van der Waals surface area (Å²) in [6.45, 7) is 0.975. The molecule has 0 saturated heterocycles. The molecule has 0 bridgehead atoms. The molecule has 4 rings (SSSR count). The summed E-state index contributed by atoms with van der Waals surface area (Å²) >= 11 is 0. The second kappa shape index (κ2) is 7.95. The van der Waals surface area contributed by atoms with E-state index in [-0.39, 0.29) is 11.8 Å². The molecule has 0 aliphatic carbocycles. The number of nitrogens with two attached hydrogens (primary N) is 1. The fourth-order valence-electron chi connectivity index (χ4n) is 3.81. The van der Waals surface area contributed by atoms with Crippen molar-refractivity contribution in [3.8, 4) is 28.1 Å². The van der Waals surface area contributed by atoms with Crippen LogP contribution in [0.4, 0.5) is 17.6 Å². The SMILES string of the molecule is NCC[C@H]1CN=Cc2cc(-c3cccc(OC(F)(F)F)c3)c(-c3cccc(F)c3)n21. The first-order valence-electron chi connectivity index (χ1n) is 9.43. The van der Waals surface area contributed by atoms with Gasteiger partial charge in [0.15, 0.2) is 0 Å². The zero-order chi connectivity index (χ0) is 21.3. The molecule has 0 unspecified atom stereocenters. The van der Waals surface area contributed by atoms with E-state index in [1.165, 1.54) is 30.3 Å². The number of alkyl halides is 3. The van der Waals surface area contributed by atoms with Crippen molar-refractivity contribution in [1.82, 2.24) is 4.57 Å². The highest BCUT2D eigenvalue weighted by molar-refractivity contribution is 5.90. The van der Waals surface area contributed by atoms with Gasteiger partial charge in [0.2, 0.25) is 0 Å². The molecular weight excluding hydrogens is 398 g/mol. The number of aliphatic imine (C=N–C) groups is 1. The summed E-state index contributed by atoms with van der Waals surface area (Å²) in [4.78, 5) is 4.39. The molecule has 2 N–H and O–H groups in total. The molecule has 1 atom stereocenters. The van der Waals surface area contributed by atoms with Crippen LogP contribution in [0.2, 0.25) is 0 Å². The lowest BCUT2D eigenvalue weighted by Crippen LogP contribution is -2.22. The van der Waals surface area contributed by atoms with Crippen LogP contribution in [0.25, 0.3) is 22.4 Å². The van der Waals surface area contributed by atoms with Crippen molar-refractivity contribution < 1.29 is 22.3 Å². The highest BCUT2D eigenvalue weighted by atomic mass is 19.4. The summed E-state index contributed by atoms with van der Waals surface area (Å²) < 4.78 is 58.2. The summed E-state index contributed by atoms with van der Waals surface area (Å²) in [5.74, 6) is -0.718. The molecule has 0 fully saturated rings. The summed E-state index contributed by atoms with van der Waals surface area (Å²) in [6, 6.07) is 13.7. The van der Waals surface area contributed by atoms with E-state index in [0.29, 0.717) is 41.9 Å². The average molecular weight is 417 g/mol. The minimum atomic E-state index is -4.79. The van der Waals surface area contributed by atoms with Crippen molar-refractivity contribution >= 4 is 6.21 Å². The van der Waals surface area contributed by atoms with Crippen LogP contribution < -0.4 is 10.5 Å². The minimum Gasteiger partial charge on any atom is -0.406 e. The Balaban J connectivity index is 1.91. The van der Waals surface area contributed by atoms with Crippen LogP contribution in [-0.2, 0) is 0 Å². The van der Waals surface area contributed by atoms with Gasteiger partial charge >= 0.3 is 6.36 Å². The fraction of sp³-hybridized carbons (Fsp3) is 0.227. The van der Waals surface area contributed by atoms with E-state index in [9.17, 15) is 17.6 Å². The van der Waals surface area contributed by atoms with E-state index in [1.54, 1.807) is 24.4 Å². The van der Waals surface area contributed by atoms with Crippen molar-refractivity contribution in [3.05, 3.63) is 66.1 Å². The van der Waals surface area contributed by atoms with Crippen LogP contribution in [0.3, 0.4) is 0 Å². The lowest BCUT2D eigenvalue weighted by molar-refractivity contribution is -0.274. The van der Waals surface area contributed by atoms with Gasteiger partial charge in [-0.3, -0.25) is 4.99 Å². The number of hydrogen-bond acceptors (Lipinski definition) is 3. The summed E-state index contributed by atoms with van der Waals surface area (Å²) in [5.41, 5.74) is 9.08. The van der Waals surface area contributed by atoms with Gasteiger partial charge in [0.1, 0.15) is 11.6 Å². The molecule has 8 heteroatoms. The molecule has 3 aromatic rings. The Hall–Kier alpha value is -3.13. The average Bonchev–Trinajstić information content (AvgIpc) is 3.08. The van der Waals surface area contributed by atoms with Crippen molar-refractivity contribution in [2.45, 2.75) is 18.8 Å². The predicted octanol–water partition coefficient (Wildman–Crippen LogP) is 5.18. The normalized spacial score (nSPS) is 15.8. The number of nitrogens with zero attached hydrogens (tertiary/aromatic N) is 2. The van der Waals surface area contributed by atoms with Gasteiger partial charge in [-0.1, -0.05) is 24.3 Å². The summed E-state index contributed by atoms with van der Waals surface area (Å²) in [7, 11) is 0. The number of ether oxygens (including phenoxy) is 1. The van der Waals surface area contributed by atoms with Crippen LogP contribution in [0.1, 0.15) is 18.2 Å². The number of hydrogen-bond donors (Lipinski definition) is 1. The quantitative estimate of drug-likeness (QED) is 0.582. The van der Waals surface area contributed by atoms with E-state index in [2.05, 4.69) is 9.73 Å². The highest BCUT2D eigenvalue weighted by Crippen LogP contribution is 2.40. The van der Waals surface area contributed by atoms with Crippen LogP contribution in [0.5, 0.6) is 5.75 Å². The van der Waals surface area contributed by atoms with Gasteiger partial charge in [0, 0.05) is 17.3 Å². The number of benzene rings is 2. The molecule has 1 aliphatic rings. The van der Waals surface area contributed by atoms with Crippen LogP contribution in [-0.4, -0.2) is 30.2 Å². The van der Waals surface area contributed by atoms with E-state index in [0.717, 1.165) is 5.69 Å². The smallest absolute Gasteiger partial charge is 0.406 e. The summed E-state index contributed by atoms with van der Waals surface area (Å²) in [6.07, 6.45) is -2.41. The second-order valence-electron chi connectivity index (χ2n) is 7.01. The number of aromatic nitrogens is 1. The Morgan fingerprint density at radius 1 is 1.07 bits per heavy atom. The molecule has 0 spiro atoms. The summed E-state index contributed by atoms with van der Waals surface area (Å²) in [5, 5.41) is 0. The maximum atomic E-state index is 14.0. The molecule has 2 heterocycles. The van der Waals surface area contributed by atoms with Gasteiger partial charge in [-0.25, -0.2) is 4.39 Å². The first-order chi connectivity index (χ1) is 14.4. The molecule has 1 aliphatic heterocycles. The Labute approximate surface area is 170 Å². The van der Waals surface area contributed by atoms with E-state index >= 15 is 0 Å². The van der Waals surface area contributed by atoms with Gasteiger partial charge in [-0.2, -0.15) is 0 Å². The van der Waals surface area contributed by atoms with Gasteiger partial charge in [0.05, 0.1) is 24.0 Å². The maximum absolute atomic E-state index is 14.0. The van der Waals surface area contributed by atoms with Crippen molar-refractivity contribution in [2.24, 2.45) is 10.7 Å². The fourth-order valence-corrected chi connectivity index (χ4v) is 3.81. The zero-order valence-electron chi connectivity index (χ0n) is 15.9. The van der Waals surface area contributed by atoms with E-state index < -0.39 is 12.2 Å². The van der Waals surface area contributed by atoms with Gasteiger partial charge < -0.3 is 15.0 Å². The molecular formula is C22H19F4N3O. The van der Waals surface area contributed by atoms with Crippen molar-refractivity contribution in [1.29, 1.82) is 0 Å². The van der Waals surface area contributed by atoms with Gasteiger partial charge in [0.25, 0.3) is 0 Å². The highest BCUT2D eigenvalue weighted by Gasteiger charge is 2.31. The second-order valence-corrected chi connectivity index (χ2v) is 7.01. The zero-order valence-corrected chi connectivity index (χ0v) is 15.9. The Kier molecular flexibility index (Phi) is 5.34. The monoisotopic (exact) mass is 417 g/mol. The Bertz CT molecular complexity index is 1090. The third-order valence-electron chi connectivity index (χ3n) is 4.95. The van der Waals surface area contributed by atoms with Crippen LogP contribution >= 0.6 is 0 Å². The first kappa shape index (κ1) is 20.2. The lowest BCUT2D eigenvalue weighted by atomic mass is 10.0. The Morgan fingerprint density at radius 3 is 2.57 bits per heavy atom. The Morgan fingerprint density at radius 2 is 1.83 bits per heavy atom. The first-order valence-corrected chi connectivity index (χ1v) is 9.43. The molecule has 0 amide bonds. The van der Waals surface area contributed by atoms with Crippen LogP contribution in [0.15, 0.2) is 59.6 Å². The van der Waals surface area contributed by atoms with Gasteiger partial charge in [-0.15, -0.1) is 13.2 Å². The maximum Gasteiger partial charge on any atom is 0.573 e. The van der Waals surface area contributed by atoms with Gasteiger partial charge in [-0.05, 0) is 48.9 Å². The largest absolute Gasteiger partial charge is 0.573 e. The molecule has 30 heavy (non-hydrogen) atoms. The van der Waals surface area contributed by atoms with E-state index in [1.807, 2.05) is 10.6 Å². The van der Waals surface area contributed by atoms with E-state index in [4.69, 9.17) is 5.73 Å². The lowest BCUT2D eigenvalue weighted by Gasteiger charge is -2.25. The third-order valence-corrected chi connectivity index (χ3v) is 4.95. The van der Waals surface area contributed by atoms with Crippen molar-refractivity contribution in [2.75, 3.05) is 13.1 Å². The molecule has 1 aromatic heterocycles. The third kappa shape index (κ3) is 4.09. The topological polar surface area (TPSA) is 52.5 Å². The minimum absolute atomic E-state index is 0.0309. The predicted molar refractivity (Wildman–Crippen MR) is 107 cm³/mol. The molecule has 156 valence electrons. The number of halogens is 4. The standard InChI is InChI=1S/C22H19F4N3O/c23-16-5-1-4-15(9-16)21-20(11-18-13-28-12-17(7-8-27)29(18)21)14-3-2-6-19(10-14)30-22(24,25)26/h1-6,9-11,13,17H,7-8,12,27H2/t17-/m0/s1.